The molecule has 2 N–H and O–H groups in total. The zero-order chi connectivity index (χ0) is 18.8. The lowest BCUT2D eigenvalue weighted by atomic mass is 10.1. The van der Waals surface area contributed by atoms with Gasteiger partial charge in [-0.3, -0.25) is 19.3 Å². The number of para-hydroxylation sites is 1. The molecule has 0 atom stereocenters. The number of hydrogen-bond acceptors (Lipinski definition) is 4. The minimum Gasteiger partial charge on any atom is -0.358 e. The monoisotopic (exact) mass is 359 g/mol. The van der Waals surface area contributed by atoms with Crippen molar-refractivity contribution in [1.29, 1.82) is 0 Å². The standard InChI is InChI=1S/C20H17N5O2/c1-13-18(16-7-2-3-8-17(16)23-13)19(26)20(27)24-15-10-22-25(12-15)11-14-6-4-5-9-21-14/h2-10,12,23H,11H2,1H3,(H,24,27). The molecular formula is C20H17N5O2. The number of aromatic nitrogens is 4. The van der Waals surface area contributed by atoms with Crippen molar-refractivity contribution in [3.8, 4) is 0 Å². The second-order valence-electron chi connectivity index (χ2n) is 6.20. The maximum absolute atomic E-state index is 12.7. The summed E-state index contributed by atoms with van der Waals surface area (Å²) < 4.78 is 1.65. The number of carbonyl (C=O) groups is 2. The van der Waals surface area contributed by atoms with Gasteiger partial charge in [-0.25, -0.2) is 0 Å². The van der Waals surface area contributed by atoms with E-state index in [9.17, 15) is 9.59 Å². The average molecular weight is 359 g/mol. The van der Waals surface area contributed by atoms with E-state index in [4.69, 9.17) is 0 Å². The molecule has 0 aliphatic carbocycles. The third kappa shape index (κ3) is 3.35. The zero-order valence-electron chi connectivity index (χ0n) is 14.6. The number of amides is 1. The summed E-state index contributed by atoms with van der Waals surface area (Å²) in [5, 5.41) is 7.56. The lowest BCUT2D eigenvalue weighted by Crippen LogP contribution is -2.23. The predicted octanol–water partition coefficient (Wildman–Crippen LogP) is 2.94. The van der Waals surface area contributed by atoms with Crippen LogP contribution in [0.15, 0.2) is 61.1 Å². The van der Waals surface area contributed by atoms with Crippen LogP contribution < -0.4 is 5.32 Å². The number of carbonyl (C=O) groups excluding carboxylic acids is 2. The zero-order valence-corrected chi connectivity index (χ0v) is 14.6. The van der Waals surface area contributed by atoms with Crippen molar-refractivity contribution in [2.45, 2.75) is 13.5 Å². The highest BCUT2D eigenvalue weighted by molar-refractivity contribution is 6.48. The van der Waals surface area contributed by atoms with Gasteiger partial charge in [0.05, 0.1) is 29.7 Å². The quantitative estimate of drug-likeness (QED) is 0.423. The lowest BCUT2D eigenvalue weighted by Gasteiger charge is -2.03. The summed E-state index contributed by atoms with van der Waals surface area (Å²) >= 11 is 0. The van der Waals surface area contributed by atoms with Gasteiger partial charge in [0.1, 0.15) is 0 Å². The van der Waals surface area contributed by atoms with Crippen molar-refractivity contribution in [1.82, 2.24) is 19.7 Å². The van der Waals surface area contributed by atoms with Gasteiger partial charge in [-0.1, -0.05) is 24.3 Å². The number of H-pyrrole nitrogens is 1. The van der Waals surface area contributed by atoms with Crippen molar-refractivity contribution in [2.24, 2.45) is 0 Å². The molecule has 1 amide bonds. The van der Waals surface area contributed by atoms with Crippen LogP contribution >= 0.6 is 0 Å². The molecule has 0 unspecified atom stereocenters. The maximum Gasteiger partial charge on any atom is 0.296 e. The molecule has 134 valence electrons. The molecule has 3 aromatic heterocycles. The Hall–Kier alpha value is -3.74. The minimum absolute atomic E-state index is 0.393. The molecule has 0 saturated heterocycles. The fraction of sp³-hybridized carbons (Fsp3) is 0.100. The fourth-order valence-electron chi connectivity index (χ4n) is 3.04. The molecule has 0 fully saturated rings. The average Bonchev–Trinajstić information content (AvgIpc) is 3.24. The predicted molar refractivity (Wildman–Crippen MR) is 102 cm³/mol. The Morgan fingerprint density at radius 3 is 2.78 bits per heavy atom. The first-order valence-corrected chi connectivity index (χ1v) is 8.47. The summed E-state index contributed by atoms with van der Waals surface area (Å²) in [6.45, 7) is 2.26. The topological polar surface area (TPSA) is 92.7 Å². The molecule has 0 spiro atoms. The van der Waals surface area contributed by atoms with E-state index in [0.717, 1.165) is 16.6 Å². The van der Waals surface area contributed by atoms with Gasteiger partial charge < -0.3 is 10.3 Å². The Labute approximate surface area is 155 Å². The Morgan fingerprint density at radius 1 is 1.15 bits per heavy atom. The molecule has 0 saturated carbocycles. The molecular weight excluding hydrogens is 342 g/mol. The number of nitrogens with one attached hydrogen (secondary N) is 2. The number of aromatic amines is 1. The largest absolute Gasteiger partial charge is 0.358 e. The van der Waals surface area contributed by atoms with Crippen molar-refractivity contribution in [3.63, 3.8) is 0 Å². The van der Waals surface area contributed by atoms with Gasteiger partial charge in [-0.15, -0.1) is 0 Å². The Kier molecular flexibility index (Phi) is 4.25. The molecule has 3 heterocycles. The van der Waals surface area contributed by atoms with Crippen molar-refractivity contribution < 1.29 is 9.59 Å². The summed E-state index contributed by atoms with van der Waals surface area (Å²) in [5.41, 5.74) is 3.20. The highest BCUT2D eigenvalue weighted by atomic mass is 16.2. The van der Waals surface area contributed by atoms with E-state index in [0.29, 0.717) is 23.5 Å². The molecule has 0 radical (unpaired) electrons. The van der Waals surface area contributed by atoms with Gasteiger partial charge in [0.25, 0.3) is 11.7 Å². The molecule has 27 heavy (non-hydrogen) atoms. The Balaban J connectivity index is 1.50. The second kappa shape index (κ2) is 6.87. The van der Waals surface area contributed by atoms with Gasteiger partial charge in [-0.2, -0.15) is 5.10 Å². The number of ketones is 1. The van der Waals surface area contributed by atoms with Crippen LogP contribution in [0.5, 0.6) is 0 Å². The fourth-order valence-corrected chi connectivity index (χ4v) is 3.04. The molecule has 0 aliphatic heterocycles. The number of nitrogens with zero attached hydrogens (tertiary/aromatic N) is 3. The van der Waals surface area contributed by atoms with Gasteiger partial charge >= 0.3 is 0 Å². The van der Waals surface area contributed by atoms with Crippen LogP contribution in [-0.4, -0.2) is 31.4 Å². The van der Waals surface area contributed by atoms with Crippen LogP contribution in [0, 0.1) is 6.92 Å². The Bertz CT molecular complexity index is 1130. The molecule has 4 rings (SSSR count). The van der Waals surface area contributed by atoms with Crippen molar-refractivity contribution in [3.05, 3.63) is 78.0 Å². The smallest absolute Gasteiger partial charge is 0.296 e. The summed E-state index contributed by atoms with van der Waals surface area (Å²) in [6.07, 6.45) is 4.89. The van der Waals surface area contributed by atoms with Gasteiger partial charge in [0, 0.05) is 29.0 Å². The number of aryl methyl sites for hydroxylation is 1. The molecule has 1 aromatic carbocycles. The first kappa shape index (κ1) is 16.7. The highest BCUT2D eigenvalue weighted by Crippen LogP contribution is 2.22. The molecule has 4 aromatic rings. The first-order valence-electron chi connectivity index (χ1n) is 8.47. The highest BCUT2D eigenvalue weighted by Gasteiger charge is 2.23. The van der Waals surface area contributed by atoms with E-state index in [2.05, 4.69) is 20.4 Å². The maximum atomic E-state index is 12.7. The molecule has 0 bridgehead atoms. The first-order chi connectivity index (χ1) is 13.1. The van der Waals surface area contributed by atoms with E-state index in [1.165, 1.54) is 6.20 Å². The van der Waals surface area contributed by atoms with Crippen LogP contribution in [0.3, 0.4) is 0 Å². The minimum atomic E-state index is -0.694. The van der Waals surface area contributed by atoms with Crippen LogP contribution in [0.1, 0.15) is 21.7 Å². The number of hydrogen-bond donors (Lipinski definition) is 2. The number of Topliss-reactive ketones (excluding diaryl/α,β-unsaturated/α-hetero) is 1. The van der Waals surface area contributed by atoms with Crippen molar-refractivity contribution >= 4 is 28.3 Å². The van der Waals surface area contributed by atoms with Gasteiger partial charge in [-0.05, 0) is 25.1 Å². The van der Waals surface area contributed by atoms with Crippen LogP contribution in [-0.2, 0) is 11.3 Å². The summed E-state index contributed by atoms with van der Waals surface area (Å²) in [4.78, 5) is 32.5. The van der Waals surface area contributed by atoms with E-state index in [1.54, 1.807) is 24.0 Å². The van der Waals surface area contributed by atoms with E-state index in [-0.39, 0.29) is 0 Å². The van der Waals surface area contributed by atoms with Gasteiger partial charge in [0.2, 0.25) is 0 Å². The van der Waals surface area contributed by atoms with E-state index in [1.807, 2.05) is 42.5 Å². The number of rotatable bonds is 5. The van der Waals surface area contributed by atoms with E-state index >= 15 is 0 Å². The third-order valence-electron chi connectivity index (χ3n) is 4.27. The SMILES string of the molecule is Cc1[nH]c2ccccc2c1C(=O)C(=O)Nc1cnn(Cc2ccccn2)c1. The van der Waals surface area contributed by atoms with Crippen LogP contribution in [0.25, 0.3) is 10.9 Å². The normalized spacial score (nSPS) is 10.9. The summed E-state index contributed by atoms with van der Waals surface area (Å²) in [5.74, 6) is -1.28. The lowest BCUT2D eigenvalue weighted by molar-refractivity contribution is -0.112. The van der Waals surface area contributed by atoms with Crippen LogP contribution in [0.2, 0.25) is 0 Å². The second-order valence-corrected chi connectivity index (χ2v) is 6.20. The summed E-state index contributed by atoms with van der Waals surface area (Å²) in [7, 11) is 0. The summed E-state index contributed by atoms with van der Waals surface area (Å²) in [6, 6.07) is 13.0. The Morgan fingerprint density at radius 2 is 1.96 bits per heavy atom. The molecule has 7 heteroatoms. The van der Waals surface area contributed by atoms with Gasteiger partial charge in [0.15, 0.2) is 0 Å². The van der Waals surface area contributed by atoms with E-state index < -0.39 is 11.7 Å². The van der Waals surface area contributed by atoms with Crippen molar-refractivity contribution in [2.75, 3.05) is 5.32 Å². The molecule has 0 aliphatic rings. The molecule has 7 nitrogen and oxygen atoms in total. The number of benzene rings is 1. The number of fused-ring (bicyclic) bond motifs is 1. The van der Waals surface area contributed by atoms with Crippen LogP contribution in [0.4, 0.5) is 5.69 Å². The third-order valence-corrected chi connectivity index (χ3v) is 4.27. The number of anilines is 1. The number of pyridine rings is 1.